The maximum absolute atomic E-state index is 12.3. The Morgan fingerprint density at radius 1 is 1.26 bits per heavy atom. The zero-order valence-corrected chi connectivity index (χ0v) is 14.2. The Balaban J connectivity index is 2.06. The van der Waals surface area contributed by atoms with Crippen LogP contribution in [0, 0.1) is 12.3 Å². The summed E-state index contributed by atoms with van der Waals surface area (Å²) < 4.78 is 0. The van der Waals surface area contributed by atoms with Crippen molar-refractivity contribution in [3.8, 4) is 0 Å². The van der Waals surface area contributed by atoms with E-state index in [0.29, 0.717) is 17.0 Å². The van der Waals surface area contributed by atoms with Crippen LogP contribution in [0.15, 0.2) is 30.3 Å². The van der Waals surface area contributed by atoms with Gasteiger partial charge in [0.25, 0.3) is 5.91 Å². The number of hydrogen-bond donors (Lipinski definition) is 2. The van der Waals surface area contributed by atoms with Crippen LogP contribution in [-0.2, 0) is 11.2 Å². The van der Waals surface area contributed by atoms with Gasteiger partial charge in [0.05, 0.1) is 16.1 Å². The number of benzene rings is 1. The van der Waals surface area contributed by atoms with Crippen molar-refractivity contribution in [2.75, 3.05) is 6.54 Å². The normalized spacial score (nSPS) is 11.3. The molecule has 1 aromatic carbocycles. The van der Waals surface area contributed by atoms with Gasteiger partial charge in [-0.05, 0) is 26.3 Å². The molecule has 2 aromatic rings. The number of aryl methyl sites for hydroxylation is 1. The van der Waals surface area contributed by atoms with Gasteiger partial charge in [-0.3, -0.25) is 9.59 Å². The molecule has 0 bridgehead atoms. The lowest BCUT2D eigenvalue weighted by atomic mass is 9.94. The molecule has 0 fully saturated rings. The minimum Gasteiger partial charge on any atom is -0.481 e. The third kappa shape index (κ3) is 4.39. The van der Waals surface area contributed by atoms with Crippen LogP contribution >= 0.6 is 11.3 Å². The van der Waals surface area contributed by atoms with E-state index in [-0.39, 0.29) is 12.5 Å². The molecule has 0 saturated heterocycles. The Morgan fingerprint density at radius 2 is 1.91 bits per heavy atom. The Bertz CT molecular complexity index is 708. The molecule has 0 aliphatic carbocycles. The highest BCUT2D eigenvalue weighted by Gasteiger charge is 2.28. The van der Waals surface area contributed by atoms with Gasteiger partial charge in [0.15, 0.2) is 0 Å². The molecule has 0 saturated carbocycles. The monoisotopic (exact) mass is 332 g/mol. The lowest BCUT2D eigenvalue weighted by Gasteiger charge is -2.19. The molecular weight excluding hydrogens is 312 g/mol. The van der Waals surface area contributed by atoms with Gasteiger partial charge < -0.3 is 10.4 Å². The molecule has 0 atom stereocenters. The molecule has 1 heterocycles. The van der Waals surface area contributed by atoms with Crippen LogP contribution in [0.1, 0.15) is 39.8 Å². The summed E-state index contributed by atoms with van der Waals surface area (Å²) in [5.41, 5.74) is 0.813. The van der Waals surface area contributed by atoms with Crippen molar-refractivity contribution in [2.45, 2.75) is 27.2 Å². The van der Waals surface area contributed by atoms with E-state index in [1.54, 1.807) is 20.8 Å². The summed E-state index contributed by atoms with van der Waals surface area (Å²) >= 11 is 1.35. The SMILES string of the molecule is Cc1nc(Cc2ccccc2)sc1C(=O)NCC(C)(C)C(=O)O. The van der Waals surface area contributed by atoms with E-state index in [0.717, 1.165) is 10.6 Å². The summed E-state index contributed by atoms with van der Waals surface area (Å²) in [7, 11) is 0. The molecule has 6 heteroatoms. The van der Waals surface area contributed by atoms with Crippen molar-refractivity contribution >= 4 is 23.2 Å². The number of carboxylic acid groups (broad SMARTS) is 1. The molecule has 23 heavy (non-hydrogen) atoms. The number of amides is 1. The summed E-state index contributed by atoms with van der Waals surface area (Å²) in [5.74, 6) is -1.21. The number of nitrogens with zero attached hydrogens (tertiary/aromatic N) is 1. The third-order valence-electron chi connectivity index (χ3n) is 3.52. The number of aliphatic carboxylic acids is 1. The topological polar surface area (TPSA) is 79.3 Å². The molecule has 0 aliphatic heterocycles. The molecular formula is C17H20N2O3S. The molecule has 1 amide bonds. The molecule has 0 aliphatic rings. The Kier molecular flexibility index (Phi) is 5.15. The molecule has 0 spiro atoms. The maximum Gasteiger partial charge on any atom is 0.310 e. The molecule has 5 nitrogen and oxygen atoms in total. The fourth-order valence-corrected chi connectivity index (χ4v) is 2.98. The lowest BCUT2D eigenvalue weighted by Crippen LogP contribution is -2.38. The standard InChI is InChI=1S/C17H20N2O3S/c1-11-14(15(20)18-10-17(2,3)16(21)22)23-13(19-11)9-12-7-5-4-6-8-12/h4-8H,9-10H2,1-3H3,(H,18,20)(H,21,22). The van der Waals surface area contributed by atoms with Gasteiger partial charge in [0, 0.05) is 13.0 Å². The first-order valence-electron chi connectivity index (χ1n) is 7.31. The number of nitrogens with one attached hydrogen (secondary N) is 1. The van der Waals surface area contributed by atoms with Crippen LogP contribution in [0.5, 0.6) is 0 Å². The van der Waals surface area contributed by atoms with E-state index < -0.39 is 11.4 Å². The average molecular weight is 332 g/mol. The number of hydrogen-bond acceptors (Lipinski definition) is 4. The van der Waals surface area contributed by atoms with Gasteiger partial charge in [-0.2, -0.15) is 0 Å². The van der Waals surface area contributed by atoms with Gasteiger partial charge in [-0.1, -0.05) is 30.3 Å². The molecule has 0 radical (unpaired) electrons. The highest BCUT2D eigenvalue weighted by molar-refractivity contribution is 7.13. The summed E-state index contributed by atoms with van der Waals surface area (Å²) in [4.78, 5) is 28.3. The van der Waals surface area contributed by atoms with Gasteiger partial charge in [0.2, 0.25) is 0 Å². The van der Waals surface area contributed by atoms with Crippen LogP contribution in [0.4, 0.5) is 0 Å². The zero-order chi connectivity index (χ0) is 17.0. The highest BCUT2D eigenvalue weighted by Crippen LogP contribution is 2.21. The number of carbonyl (C=O) groups excluding carboxylic acids is 1. The fourth-order valence-electron chi connectivity index (χ4n) is 1.97. The second-order valence-electron chi connectivity index (χ2n) is 6.06. The van der Waals surface area contributed by atoms with E-state index in [1.807, 2.05) is 30.3 Å². The zero-order valence-electron chi connectivity index (χ0n) is 13.4. The van der Waals surface area contributed by atoms with Crippen molar-refractivity contribution in [3.63, 3.8) is 0 Å². The summed E-state index contributed by atoms with van der Waals surface area (Å²) in [5, 5.41) is 12.6. The number of carboxylic acids is 1. The quantitative estimate of drug-likeness (QED) is 0.852. The smallest absolute Gasteiger partial charge is 0.310 e. The van der Waals surface area contributed by atoms with Crippen LogP contribution in [0.2, 0.25) is 0 Å². The maximum atomic E-state index is 12.3. The van der Waals surface area contributed by atoms with Crippen molar-refractivity contribution in [2.24, 2.45) is 5.41 Å². The predicted octanol–water partition coefficient (Wildman–Crippen LogP) is 2.88. The molecule has 0 unspecified atom stereocenters. The Hall–Kier alpha value is -2.21. The lowest BCUT2D eigenvalue weighted by molar-refractivity contribution is -0.146. The van der Waals surface area contributed by atoms with Crippen molar-refractivity contribution in [3.05, 3.63) is 51.5 Å². The largest absolute Gasteiger partial charge is 0.481 e. The first-order chi connectivity index (χ1) is 10.8. The van der Waals surface area contributed by atoms with Gasteiger partial charge in [-0.25, -0.2) is 4.98 Å². The van der Waals surface area contributed by atoms with Crippen LogP contribution in [-0.4, -0.2) is 28.5 Å². The van der Waals surface area contributed by atoms with Crippen LogP contribution in [0.25, 0.3) is 0 Å². The highest BCUT2D eigenvalue weighted by atomic mass is 32.1. The van der Waals surface area contributed by atoms with Gasteiger partial charge >= 0.3 is 5.97 Å². The number of aromatic nitrogens is 1. The second-order valence-corrected chi connectivity index (χ2v) is 7.14. The van der Waals surface area contributed by atoms with Gasteiger partial charge in [0.1, 0.15) is 4.88 Å². The van der Waals surface area contributed by atoms with Crippen LogP contribution < -0.4 is 5.32 Å². The van der Waals surface area contributed by atoms with Crippen molar-refractivity contribution in [1.29, 1.82) is 0 Å². The molecule has 1 aromatic heterocycles. The average Bonchev–Trinajstić information content (AvgIpc) is 2.86. The number of carbonyl (C=O) groups is 2. The summed E-state index contributed by atoms with van der Waals surface area (Å²) in [6.45, 7) is 5.03. The first kappa shape index (κ1) is 17.1. The van der Waals surface area contributed by atoms with E-state index in [9.17, 15) is 9.59 Å². The third-order valence-corrected chi connectivity index (χ3v) is 4.67. The van der Waals surface area contributed by atoms with E-state index in [4.69, 9.17) is 5.11 Å². The van der Waals surface area contributed by atoms with Crippen molar-refractivity contribution < 1.29 is 14.7 Å². The number of rotatable bonds is 6. The molecule has 2 N–H and O–H groups in total. The van der Waals surface area contributed by atoms with Gasteiger partial charge in [-0.15, -0.1) is 11.3 Å². The Labute approximate surface area is 139 Å². The minimum absolute atomic E-state index is 0.0759. The van der Waals surface area contributed by atoms with Crippen LogP contribution in [0.3, 0.4) is 0 Å². The van der Waals surface area contributed by atoms with E-state index in [1.165, 1.54) is 11.3 Å². The number of thiazole rings is 1. The summed E-state index contributed by atoms with van der Waals surface area (Å²) in [6, 6.07) is 9.94. The molecule has 2 rings (SSSR count). The molecule has 122 valence electrons. The fraction of sp³-hybridized carbons (Fsp3) is 0.353. The van der Waals surface area contributed by atoms with E-state index in [2.05, 4.69) is 10.3 Å². The summed E-state index contributed by atoms with van der Waals surface area (Å²) in [6.07, 6.45) is 0.681. The van der Waals surface area contributed by atoms with Crippen molar-refractivity contribution in [1.82, 2.24) is 10.3 Å². The second kappa shape index (κ2) is 6.91. The minimum atomic E-state index is -0.999. The Morgan fingerprint density at radius 3 is 2.52 bits per heavy atom. The van der Waals surface area contributed by atoms with E-state index >= 15 is 0 Å². The predicted molar refractivity (Wildman–Crippen MR) is 89.8 cm³/mol. The first-order valence-corrected chi connectivity index (χ1v) is 8.13.